The molecule has 0 fully saturated rings. The van der Waals surface area contributed by atoms with E-state index in [1.165, 1.54) is 16.9 Å². The predicted molar refractivity (Wildman–Crippen MR) is 133 cm³/mol. The van der Waals surface area contributed by atoms with E-state index in [0.717, 1.165) is 41.9 Å². The zero-order chi connectivity index (χ0) is 24.2. The van der Waals surface area contributed by atoms with Crippen LogP contribution in [0.1, 0.15) is 89.1 Å². The molecular weight excluding hydrogens is 450 g/mol. The first kappa shape index (κ1) is 24.1. The van der Waals surface area contributed by atoms with Gasteiger partial charge < -0.3 is 19.2 Å². The zero-order valence-corrected chi connectivity index (χ0v) is 20.9. The maximum absolute atomic E-state index is 12.9. The molecule has 0 bridgehead atoms. The number of benzene rings is 1. The van der Waals surface area contributed by atoms with Crippen LogP contribution in [0.5, 0.6) is 5.75 Å². The molecule has 0 radical (unpaired) electrons. The highest BCUT2D eigenvalue weighted by Gasteiger charge is 2.28. The van der Waals surface area contributed by atoms with Gasteiger partial charge in [-0.1, -0.05) is 26.0 Å². The number of amides is 1. The molecule has 0 saturated heterocycles. The van der Waals surface area contributed by atoms with Crippen molar-refractivity contribution in [3.05, 3.63) is 69.5 Å². The lowest BCUT2D eigenvalue weighted by atomic mass is 9.95. The molecule has 34 heavy (non-hydrogen) atoms. The number of carbonyl (C=O) groups excluding carboxylic acids is 2. The second-order valence-electron chi connectivity index (χ2n) is 9.10. The molecule has 1 aliphatic rings. The van der Waals surface area contributed by atoms with E-state index in [4.69, 9.17) is 13.9 Å². The highest BCUT2D eigenvalue weighted by molar-refractivity contribution is 7.17. The van der Waals surface area contributed by atoms with Gasteiger partial charge in [-0.15, -0.1) is 11.3 Å². The molecule has 0 atom stereocenters. The zero-order valence-electron chi connectivity index (χ0n) is 20.1. The van der Waals surface area contributed by atoms with Gasteiger partial charge in [0.15, 0.2) is 5.76 Å². The Kier molecular flexibility index (Phi) is 7.41. The monoisotopic (exact) mass is 481 g/mol. The smallest absolute Gasteiger partial charge is 0.341 e. The van der Waals surface area contributed by atoms with Gasteiger partial charge in [0.1, 0.15) is 23.1 Å². The molecule has 6 nitrogen and oxygen atoms in total. The maximum atomic E-state index is 12.9. The molecule has 7 heteroatoms. The fourth-order valence-electron chi connectivity index (χ4n) is 3.99. The van der Waals surface area contributed by atoms with Crippen LogP contribution >= 0.6 is 11.3 Å². The Morgan fingerprint density at radius 2 is 1.76 bits per heavy atom. The Hall–Kier alpha value is -3.06. The number of nitrogens with one attached hydrogen (secondary N) is 1. The van der Waals surface area contributed by atoms with E-state index in [-0.39, 0.29) is 24.4 Å². The van der Waals surface area contributed by atoms with Gasteiger partial charge in [-0.3, -0.25) is 4.79 Å². The SMILES string of the molecule is CC(C)OC(=O)c1c(NC(=O)c2ccc(COc3ccc(C(C)C)cc3)o2)sc2c1CCCC2. The van der Waals surface area contributed by atoms with Gasteiger partial charge in [0.2, 0.25) is 0 Å². The molecule has 0 unspecified atom stereocenters. The molecule has 1 aliphatic carbocycles. The summed E-state index contributed by atoms with van der Waals surface area (Å²) in [6, 6.07) is 11.3. The lowest BCUT2D eigenvalue weighted by Gasteiger charge is -2.14. The summed E-state index contributed by atoms with van der Waals surface area (Å²) in [5, 5.41) is 3.42. The van der Waals surface area contributed by atoms with Crippen molar-refractivity contribution in [2.75, 3.05) is 5.32 Å². The number of furan rings is 1. The van der Waals surface area contributed by atoms with Gasteiger partial charge in [0.25, 0.3) is 5.91 Å². The van der Waals surface area contributed by atoms with Crippen LogP contribution in [0.25, 0.3) is 0 Å². The quantitative estimate of drug-likeness (QED) is 0.361. The van der Waals surface area contributed by atoms with Gasteiger partial charge >= 0.3 is 5.97 Å². The van der Waals surface area contributed by atoms with Gasteiger partial charge in [-0.05, 0) is 80.8 Å². The van der Waals surface area contributed by atoms with Crippen molar-refractivity contribution in [3.8, 4) is 5.75 Å². The van der Waals surface area contributed by atoms with Crippen molar-refractivity contribution in [1.82, 2.24) is 0 Å². The van der Waals surface area contributed by atoms with Crippen LogP contribution < -0.4 is 10.1 Å². The number of ether oxygens (including phenoxy) is 2. The van der Waals surface area contributed by atoms with Crippen molar-refractivity contribution in [2.45, 2.75) is 72.0 Å². The van der Waals surface area contributed by atoms with E-state index >= 15 is 0 Å². The Balaban J connectivity index is 1.44. The Morgan fingerprint density at radius 3 is 2.47 bits per heavy atom. The van der Waals surface area contributed by atoms with Crippen molar-refractivity contribution >= 4 is 28.2 Å². The average molecular weight is 482 g/mol. The lowest BCUT2D eigenvalue weighted by Crippen LogP contribution is -2.17. The standard InChI is InChI=1S/C27H31NO5S/c1-16(2)18-9-11-19(12-10-18)31-15-20-13-14-22(33-20)25(29)28-26-24(27(30)32-17(3)4)21-7-5-6-8-23(21)34-26/h9-14,16-17H,5-8,15H2,1-4H3,(H,28,29). The van der Waals surface area contributed by atoms with Crippen molar-refractivity contribution < 1.29 is 23.5 Å². The van der Waals surface area contributed by atoms with Crippen LogP contribution in [0.2, 0.25) is 0 Å². The summed E-state index contributed by atoms with van der Waals surface area (Å²) < 4.78 is 17.0. The third-order valence-corrected chi connectivity index (χ3v) is 6.97. The van der Waals surface area contributed by atoms with E-state index in [1.54, 1.807) is 12.1 Å². The number of hydrogen-bond donors (Lipinski definition) is 1. The summed E-state index contributed by atoms with van der Waals surface area (Å²) in [7, 11) is 0. The van der Waals surface area contributed by atoms with E-state index in [9.17, 15) is 9.59 Å². The number of thiophene rings is 1. The van der Waals surface area contributed by atoms with Crippen molar-refractivity contribution in [1.29, 1.82) is 0 Å². The lowest BCUT2D eigenvalue weighted by molar-refractivity contribution is 0.0378. The van der Waals surface area contributed by atoms with Crippen LogP contribution in [-0.2, 0) is 24.2 Å². The van der Waals surface area contributed by atoms with Crippen LogP contribution in [0.4, 0.5) is 5.00 Å². The molecule has 2 aromatic heterocycles. The molecule has 1 N–H and O–H groups in total. The number of rotatable bonds is 8. The summed E-state index contributed by atoms with van der Waals surface area (Å²) in [5.41, 5.74) is 2.74. The molecule has 1 aromatic carbocycles. The minimum atomic E-state index is -0.398. The number of aryl methyl sites for hydroxylation is 1. The predicted octanol–water partition coefficient (Wildman–Crippen LogP) is 6.74. The van der Waals surface area contributed by atoms with Crippen LogP contribution in [0.15, 0.2) is 40.8 Å². The molecular formula is C27H31NO5S. The second kappa shape index (κ2) is 10.5. The van der Waals surface area contributed by atoms with Crippen LogP contribution in [0, 0.1) is 0 Å². The number of hydrogen-bond acceptors (Lipinski definition) is 6. The Bertz CT molecular complexity index is 1160. The minimum absolute atomic E-state index is 0.170. The second-order valence-corrected chi connectivity index (χ2v) is 10.2. The largest absolute Gasteiger partial charge is 0.486 e. The third-order valence-electron chi connectivity index (χ3n) is 5.76. The fourth-order valence-corrected chi connectivity index (χ4v) is 5.26. The van der Waals surface area contributed by atoms with E-state index in [0.29, 0.717) is 22.2 Å². The van der Waals surface area contributed by atoms with E-state index in [1.807, 2.05) is 38.1 Å². The van der Waals surface area contributed by atoms with E-state index in [2.05, 4.69) is 19.2 Å². The van der Waals surface area contributed by atoms with Crippen LogP contribution in [0.3, 0.4) is 0 Å². The summed E-state index contributed by atoms with van der Waals surface area (Å²) in [5.74, 6) is 1.13. The molecule has 0 spiro atoms. The molecule has 3 aromatic rings. The Labute approximate surface area is 204 Å². The number of esters is 1. The molecule has 180 valence electrons. The summed E-state index contributed by atoms with van der Waals surface area (Å²) in [4.78, 5) is 26.9. The average Bonchev–Trinajstić information content (AvgIpc) is 3.42. The molecule has 4 rings (SSSR count). The minimum Gasteiger partial charge on any atom is -0.486 e. The van der Waals surface area contributed by atoms with Crippen LogP contribution in [-0.4, -0.2) is 18.0 Å². The van der Waals surface area contributed by atoms with E-state index < -0.39 is 5.91 Å². The van der Waals surface area contributed by atoms with Gasteiger partial charge in [0.05, 0.1) is 11.7 Å². The first-order valence-corrected chi connectivity index (χ1v) is 12.6. The van der Waals surface area contributed by atoms with Crippen molar-refractivity contribution in [3.63, 3.8) is 0 Å². The fraction of sp³-hybridized carbons (Fsp3) is 0.407. The normalized spacial score (nSPS) is 13.1. The highest BCUT2D eigenvalue weighted by Crippen LogP contribution is 2.39. The Morgan fingerprint density at radius 1 is 1.03 bits per heavy atom. The maximum Gasteiger partial charge on any atom is 0.341 e. The molecule has 2 heterocycles. The van der Waals surface area contributed by atoms with Gasteiger partial charge in [0, 0.05) is 4.88 Å². The molecule has 0 aliphatic heterocycles. The van der Waals surface area contributed by atoms with Gasteiger partial charge in [-0.25, -0.2) is 4.79 Å². The summed E-state index contributed by atoms with van der Waals surface area (Å²) >= 11 is 1.46. The summed E-state index contributed by atoms with van der Waals surface area (Å²) in [6.07, 6.45) is 3.62. The third kappa shape index (κ3) is 5.53. The summed E-state index contributed by atoms with van der Waals surface area (Å²) in [6.45, 7) is 8.15. The number of anilines is 1. The highest BCUT2D eigenvalue weighted by atomic mass is 32.1. The number of fused-ring (bicyclic) bond motifs is 1. The molecule has 1 amide bonds. The molecule has 0 saturated carbocycles. The van der Waals surface area contributed by atoms with Crippen molar-refractivity contribution in [2.24, 2.45) is 0 Å². The number of carbonyl (C=O) groups is 2. The first-order chi connectivity index (χ1) is 16.3. The first-order valence-electron chi connectivity index (χ1n) is 11.8. The van der Waals surface area contributed by atoms with Gasteiger partial charge in [-0.2, -0.15) is 0 Å². The topological polar surface area (TPSA) is 77.8 Å².